The maximum atomic E-state index is 12.8. The topological polar surface area (TPSA) is 45.1 Å². The molecule has 33 heavy (non-hydrogen) atoms. The number of carbonyl (C=O) groups excluding carboxylic acids is 1. The molecule has 2 aliphatic heterocycles. The Morgan fingerprint density at radius 3 is 2.55 bits per heavy atom. The second-order valence-corrected chi connectivity index (χ2v) is 9.88. The molecule has 2 fully saturated rings. The molecule has 0 bridgehead atoms. The zero-order chi connectivity index (χ0) is 23.4. The standard InChI is InChI=1S/C26H30ClN3O2S/c1-4-18(2)32-23-13-8-19(16-22(23)27)17-24-25(31)29(3)26(33-24)28-20-9-11-21(12-10-20)30-14-6-5-7-15-30/h8-13,16-18H,4-7,14-15H2,1-3H3/b24-17-,28-26?/t18-/m1/s1. The SMILES string of the molecule is CC[C@@H](C)Oc1ccc(/C=C2\SC(=Nc3ccc(N4CCCCC4)cc3)N(C)C2=O)cc1Cl. The summed E-state index contributed by atoms with van der Waals surface area (Å²) in [5.41, 5.74) is 2.93. The van der Waals surface area contributed by atoms with E-state index in [1.165, 1.54) is 36.7 Å². The number of likely N-dealkylation sites (N-methyl/N-ethyl adjacent to an activating group) is 1. The van der Waals surface area contributed by atoms with E-state index in [-0.39, 0.29) is 12.0 Å². The smallest absolute Gasteiger partial charge is 0.266 e. The normalized spacial score (nSPS) is 20.1. The first-order valence-electron chi connectivity index (χ1n) is 11.5. The van der Waals surface area contributed by atoms with E-state index in [9.17, 15) is 4.79 Å². The van der Waals surface area contributed by atoms with Crippen molar-refractivity contribution in [2.24, 2.45) is 4.99 Å². The molecule has 174 valence electrons. The molecule has 1 atom stereocenters. The lowest BCUT2D eigenvalue weighted by Crippen LogP contribution is -2.29. The quantitative estimate of drug-likeness (QED) is 0.427. The fourth-order valence-electron chi connectivity index (χ4n) is 3.81. The number of piperidine rings is 1. The largest absolute Gasteiger partial charge is 0.489 e. The molecule has 0 spiro atoms. The third-order valence-corrected chi connectivity index (χ3v) is 7.31. The van der Waals surface area contributed by atoms with Gasteiger partial charge in [-0.05, 0) is 92.4 Å². The van der Waals surface area contributed by atoms with Gasteiger partial charge in [-0.15, -0.1) is 0 Å². The molecular weight excluding hydrogens is 454 g/mol. The van der Waals surface area contributed by atoms with Gasteiger partial charge in [-0.25, -0.2) is 4.99 Å². The van der Waals surface area contributed by atoms with Crippen molar-refractivity contribution in [1.82, 2.24) is 4.90 Å². The van der Waals surface area contributed by atoms with E-state index >= 15 is 0 Å². The summed E-state index contributed by atoms with van der Waals surface area (Å²) < 4.78 is 5.83. The Morgan fingerprint density at radius 1 is 1.15 bits per heavy atom. The summed E-state index contributed by atoms with van der Waals surface area (Å²) in [6, 6.07) is 13.9. The van der Waals surface area contributed by atoms with Crippen molar-refractivity contribution < 1.29 is 9.53 Å². The molecule has 4 rings (SSSR count). The number of hydrogen-bond acceptors (Lipinski definition) is 5. The minimum absolute atomic E-state index is 0.0697. The van der Waals surface area contributed by atoms with E-state index in [4.69, 9.17) is 21.3 Å². The number of carbonyl (C=O) groups is 1. The Hall–Kier alpha value is -2.44. The van der Waals surface area contributed by atoms with Gasteiger partial charge in [-0.1, -0.05) is 24.6 Å². The number of ether oxygens (including phenoxy) is 1. The summed E-state index contributed by atoms with van der Waals surface area (Å²) in [6.07, 6.45) is 6.67. The van der Waals surface area contributed by atoms with E-state index in [0.717, 1.165) is 30.8 Å². The number of hydrogen-bond donors (Lipinski definition) is 0. The highest BCUT2D eigenvalue weighted by Crippen LogP contribution is 2.35. The van der Waals surface area contributed by atoms with Crippen molar-refractivity contribution in [1.29, 1.82) is 0 Å². The van der Waals surface area contributed by atoms with Crippen molar-refractivity contribution in [3.63, 3.8) is 0 Å². The van der Waals surface area contributed by atoms with Crippen LogP contribution in [0.4, 0.5) is 11.4 Å². The van der Waals surface area contributed by atoms with Crippen molar-refractivity contribution in [3.05, 3.63) is 58.0 Å². The Labute approximate surface area is 205 Å². The maximum Gasteiger partial charge on any atom is 0.266 e. The lowest BCUT2D eigenvalue weighted by Gasteiger charge is -2.28. The molecule has 0 N–H and O–H groups in total. The number of benzene rings is 2. The fourth-order valence-corrected chi connectivity index (χ4v) is 5.03. The monoisotopic (exact) mass is 483 g/mol. The average molecular weight is 484 g/mol. The van der Waals surface area contributed by atoms with Gasteiger partial charge in [0.15, 0.2) is 5.17 Å². The lowest BCUT2D eigenvalue weighted by molar-refractivity contribution is -0.121. The molecule has 2 heterocycles. The molecule has 7 heteroatoms. The van der Waals surface area contributed by atoms with Crippen LogP contribution in [0.25, 0.3) is 6.08 Å². The summed E-state index contributed by atoms with van der Waals surface area (Å²) in [6.45, 7) is 6.31. The van der Waals surface area contributed by atoms with Crippen LogP contribution in [0.15, 0.2) is 52.4 Å². The maximum absolute atomic E-state index is 12.8. The molecule has 5 nitrogen and oxygen atoms in total. The molecule has 0 saturated carbocycles. The summed E-state index contributed by atoms with van der Waals surface area (Å²) >= 11 is 7.78. The molecule has 2 aliphatic rings. The minimum Gasteiger partial charge on any atom is -0.489 e. The van der Waals surface area contributed by atoms with E-state index in [2.05, 4.69) is 24.0 Å². The number of amides is 1. The van der Waals surface area contributed by atoms with Crippen molar-refractivity contribution in [2.45, 2.75) is 45.6 Å². The molecule has 2 aromatic rings. The summed E-state index contributed by atoms with van der Waals surface area (Å²) in [5.74, 6) is 0.589. The summed E-state index contributed by atoms with van der Waals surface area (Å²) in [5, 5.41) is 1.20. The lowest BCUT2D eigenvalue weighted by atomic mass is 10.1. The molecule has 0 unspecified atom stereocenters. The number of halogens is 1. The highest BCUT2D eigenvalue weighted by molar-refractivity contribution is 8.18. The van der Waals surface area contributed by atoms with Gasteiger partial charge < -0.3 is 9.64 Å². The fraction of sp³-hybridized carbons (Fsp3) is 0.385. The van der Waals surface area contributed by atoms with Gasteiger partial charge in [0.2, 0.25) is 0 Å². The zero-order valence-corrected chi connectivity index (χ0v) is 21.0. The van der Waals surface area contributed by atoms with Crippen LogP contribution >= 0.6 is 23.4 Å². The first kappa shape index (κ1) is 23.7. The third-order valence-electron chi connectivity index (χ3n) is 5.96. The number of amidine groups is 1. The zero-order valence-electron chi connectivity index (χ0n) is 19.4. The van der Waals surface area contributed by atoms with Gasteiger partial charge in [0, 0.05) is 25.8 Å². The van der Waals surface area contributed by atoms with Gasteiger partial charge >= 0.3 is 0 Å². The molecule has 2 saturated heterocycles. The highest BCUT2D eigenvalue weighted by atomic mass is 35.5. The van der Waals surface area contributed by atoms with Crippen molar-refractivity contribution >= 4 is 51.9 Å². The minimum atomic E-state index is -0.0697. The molecule has 0 radical (unpaired) electrons. The van der Waals surface area contributed by atoms with Gasteiger partial charge in [-0.2, -0.15) is 0 Å². The Kier molecular flexibility index (Phi) is 7.66. The number of rotatable bonds is 6. The second-order valence-electron chi connectivity index (χ2n) is 8.46. The van der Waals surface area contributed by atoms with Crippen LogP contribution < -0.4 is 9.64 Å². The summed E-state index contributed by atoms with van der Waals surface area (Å²) in [4.78, 5) is 22.2. The molecule has 2 aromatic carbocycles. The number of aliphatic imine (C=N–C) groups is 1. The van der Waals surface area contributed by atoms with E-state index in [0.29, 0.717) is 20.8 Å². The number of thioether (sulfide) groups is 1. The van der Waals surface area contributed by atoms with Gasteiger partial charge in [0.1, 0.15) is 5.75 Å². The first-order valence-corrected chi connectivity index (χ1v) is 12.7. The van der Waals surface area contributed by atoms with Crippen LogP contribution in [0.1, 0.15) is 45.1 Å². The predicted molar refractivity (Wildman–Crippen MR) is 140 cm³/mol. The third kappa shape index (κ3) is 5.74. The molecule has 1 amide bonds. The van der Waals surface area contributed by atoms with Gasteiger partial charge in [-0.3, -0.25) is 9.69 Å². The van der Waals surface area contributed by atoms with Crippen LogP contribution in [0.2, 0.25) is 5.02 Å². The van der Waals surface area contributed by atoms with E-state index < -0.39 is 0 Å². The molecule has 0 aliphatic carbocycles. The molecule has 0 aromatic heterocycles. The number of nitrogens with zero attached hydrogens (tertiary/aromatic N) is 3. The van der Waals surface area contributed by atoms with Crippen molar-refractivity contribution in [2.75, 3.05) is 25.0 Å². The van der Waals surface area contributed by atoms with Crippen molar-refractivity contribution in [3.8, 4) is 5.75 Å². The first-order chi connectivity index (χ1) is 15.9. The average Bonchev–Trinajstić information content (AvgIpc) is 3.09. The van der Waals surface area contributed by atoms with E-state index in [1.807, 2.05) is 43.3 Å². The van der Waals surface area contributed by atoms with Gasteiger partial charge in [0.05, 0.1) is 21.7 Å². The van der Waals surface area contributed by atoms with Crippen LogP contribution in [-0.2, 0) is 4.79 Å². The van der Waals surface area contributed by atoms with Gasteiger partial charge in [0.25, 0.3) is 5.91 Å². The predicted octanol–water partition coefficient (Wildman–Crippen LogP) is 6.74. The summed E-state index contributed by atoms with van der Waals surface area (Å²) in [7, 11) is 1.76. The Balaban J connectivity index is 1.48. The van der Waals surface area contributed by atoms with Crippen LogP contribution in [0.5, 0.6) is 5.75 Å². The Morgan fingerprint density at radius 2 is 1.88 bits per heavy atom. The second kappa shape index (κ2) is 10.7. The van der Waals surface area contributed by atoms with Crippen LogP contribution in [-0.4, -0.2) is 42.2 Å². The molecular formula is C26H30ClN3O2S. The highest BCUT2D eigenvalue weighted by Gasteiger charge is 2.30. The number of anilines is 1. The van der Waals surface area contributed by atoms with E-state index in [1.54, 1.807) is 11.9 Å². The van der Waals surface area contributed by atoms with Crippen LogP contribution in [0, 0.1) is 0 Å². The Bertz CT molecular complexity index is 1060. The van der Waals surface area contributed by atoms with Crippen LogP contribution in [0.3, 0.4) is 0 Å².